The summed E-state index contributed by atoms with van der Waals surface area (Å²) in [6.45, 7) is 12.1. The highest BCUT2D eigenvalue weighted by atomic mass is 16.5. The zero-order chi connectivity index (χ0) is 20.0. The van der Waals surface area contributed by atoms with Gasteiger partial charge < -0.3 is 19.1 Å². The third-order valence-corrected chi connectivity index (χ3v) is 4.02. The molecular weight excluding hydrogens is 346 g/mol. The van der Waals surface area contributed by atoms with E-state index in [2.05, 4.69) is 9.97 Å². The molecule has 1 N–H and O–H groups in total. The number of hydrogen-bond donors (Lipinski definition) is 1. The Morgan fingerprint density at radius 2 is 1.81 bits per heavy atom. The first-order valence-corrected chi connectivity index (χ1v) is 9.15. The molecule has 0 bridgehead atoms. The monoisotopic (exact) mass is 373 g/mol. The molecule has 1 aliphatic heterocycles. The molecule has 0 fully saturated rings. The van der Waals surface area contributed by atoms with Crippen molar-refractivity contribution in [3.8, 4) is 23.0 Å². The van der Waals surface area contributed by atoms with Crippen molar-refractivity contribution in [1.82, 2.24) is 14.5 Å². The number of nitrogens with zero attached hydrogens (tertiary/aromatic N) is 3. The molecule has 0 amide bonds. The molecule has 7 heteroatoms. The highest BCUT2D eigenvalue weighted by Crippen LogP contribution is 2.41. The van der Waals surface area contributed by atoms with Crippen LogP contribution in [0.3, 0.4) is 0 Å². The first-order valence-electron chi connectivity index (χ1n) is 9.15. The van der Waals surface area contributed by atoms with Crippen LogP contribution in [-0.2, 0) is 13.0 Å². The van der Waals surface area contributed by atoms with Gasteiger partial charge in [0.1, 0.15) is 17.0 Å². The summed E-state index contributed by atoms with van der Waals surface area (Å²) in [5, 5.41) is 9.95. The molecule has 0 radical (unpaired) electrons. The predicted octanol–water partition coefficient (Wildman–Crippen LogP) is 3.94. The lowest BCUT2D eigenvalue weighted by molar-refractivity contribution is 0.0655. The van der Waals surface area contributed by atoms with Crippen LogP contribution in [0.4, 0.5) is 0 Å². The smallest absolute Gasteiger partial charge is 0.345 e. The number of hydrogen-bond acceptors (Lipinski definition) is 5. The minimum Gasteiger partial charge on any atom is -0.487 e. The Morgan fingerprint density at radius 3 is 2.41 bits per heavy atom. The number of aryl methyl sites for hydroxylation is 1. The molecule has 0 aliphatic carbocycles. The van der Waals surface area contributed by atoms with Crippen molar-refractivity contribution in [1.29, 1.82) is 0 Å². The summed E-state index contributed by atoms with van der Waals surface area (Å²) < 4.78 is 14.1. The Labute approximate surface area is 159 Å². The van der Waals surface area contributed by atoms with Gasteiger partial charge in [-0.1, -0.05) is 0 Å². The fourth-order valence-corrected chi connectivity index (χ4v) is 3.12. The zero-order valence-corrected chi connectivity index (χ0v) is 16.8. The van der Waals surface area contributed by atoms with Crippen molar-refractivity contribution >= 4 is 5.97 Å². The Balaban J connectivity index is 2.34. The maximum absolute atomic E-state index is 12.2. The van der Waals surface area contributed by atoms with Crippen molar-refractivity contribution in [2.24, 2.45) is 0 Å². The second kappa shape index (κ2) is 6.55. The highest BCUT2D eigenvalue weighted by Gasteiger charge is 2.33. The highest BCUT2D eigenvalue weighted by molar-refractivity contribution is 5.95. The molecule has 0 saturated carbocycles. The van der Waals surface area contributed by atoms with E-state index in [9.17, 15) is 9.90 Å². The Hall–Kier alpha value is -2.57. The summed E-state index contributed by atoms with van der Waals surface area (Å²) in [5.74, 6) is -0.696. The standard InChI is InChI=1S/C20H27N3O4/c1-19(2,3)26-16-12-8-7-9-23-11-21-10-13(23)15(12)22-17(14(16)18(24)25)27-20(4,5)6/h10-11H,7-9H2,1-6H3,(H,24,25). The van der Waals surface area contributed by atoms with Gasteiger partial charge >= 0.3 is 5.97 Å². The molecule has 0 saturated heterocycles. The van der Waals surface area contributed by atoms with E-state index in [0.29, 0.717) is 17.9 Å². The number of carboxylic acids is 1. The maximum Gasteiger partial charge on any atom is 0.345 e. The van der Waals surface area contributed by atoms with E-state index in [-0.39, 0.29) is 11.4 Å². The van der Waals surface area contributed by atoms with Crippen LogP contribution in [0.1, 0.15) is 63.9 Å². The molecule has 0 atom stereocenters. The summed E-state index contributed by atoms with van der Waals surface area (Å²) in [4.78, 5) is 21.0. The fraction of sp³-hybridized carbons (Fsp3) is 0.550. The van der Waals surface area contributed by atoms with Crippen molar-refractivity contribution in [2.45, 2.75) is 72.1 Å². The van der Waals surface area contributed by atoms with Gasteiger partial charge in [0.25, 0.3) is 0 Å². The van der Waals surface area contributed by atoms with Gasteiger partial charge in [0.05, 0.1) is 23.9 Å². The summed E-state index contributed by atoms with van der Waals surface area (Å²) in [6.07, 6.45) is 5.04. The third-order valence-electron chi connectivity index (χ3n) is 4.02. The van der Waals surface area contributed by atoms with Crippen LogP contribution < -0.4 is 9.47 Å². The van der Waals surface area contributed by atoms with E-state index >= 15 is 0 Å². The summed E-state index contributed by atoms with van der Waals surface area (Å²) in [6, 6.07) is 0. The molecule has 2 aromatic heterocycles. The van der Waals surface area contributed by atoms with Gasteiger partial charge in [-0.2, -0.15) is 0 Å². The fourth-order valence-electron chi connectivity index (χ4n) is 3.12. The maximum atomic E-state index is 12.2. The second-order valence-electron chi connectivity index (χ2n) is 8.76. The van der Waals surface area contributed by atoms with E-state index < -0.39 is 17.2 Å². The number of imidazole rings is 1. The van der Waals surface area contributed by atoms with Crippen molar-refractivity contribution < 1.29 is 19.4 Å². The van der Waals surface area contributed by atoms with Crippen LogP contribution in [0.25, 0.3) is 11.4 Å². The Kier molecular flexibility index (Phi) is 4.66. The molecule has 7 nitrogen and oxygen atoms in total. The average Bonchev–Trinajstić information content (AvgIpc) is 2.87. The van der Waals surface area contributed by atoms with Crippen molar-refractivity contribution in [3.63, 3.8) is 0 Å². The first-order chi connectivity index (χ1) is 12.5. The molecule has 2 aromatic rings. The van der Waals surface area contributed by atoms with Crippen LogP contribution in [0, 0.1) is 0 Å². The lowest BCUT2D eigenvalue weighted by Crippen LogP contribution is -2.28. The molecule has 3 heterocycles. The first kappa shape index (κ1) is 19.2. The molecule has 0 aromatic carbocycles. The molecule has 1 aliphatic rings. The quantitative estimate of drug-likeness (QED) is 0.877. The topological polar surface area (TPSA) is 86.5 Å². The van der Waals surface area contributed by atoms with Crippen molar-refractivity contribution in [2.75, 3.05) is 0 Å². The number of pyridine rings is 1. The SMILES string of the molecule is CC(C)(C)Oc1nc2c(c(OC(C)(C)C)c1C(=O)O)CCCn1cncc1-2. The molecule has 0 unspecified atom stereocenters. The van der Waals surface area contributed by atoms with Gasteiger partial charge in [0.15, 0.2) is 5.56 Å². The number of aromatic nitrogens is 3. The van der Waals surface area contributed by atoms with Crippen LogP contribution >= 0.6 is 0 Å². The number of aromatic carboxylic acids is 1. The lowest BCUT2D eigenvalue weighted by atomic mass is 10.0. The molecule has 0 spiro atoms. The molecular formula is C20H27N3O4. The summed E-state index contributed by atoms with van der Waals surface area (Å²) in [7, 11) is 0. The van der Waals surface area contributed by atoms with Gasteiger partial charge in [-0.3, -0.25) is 0 Å². The van der Waals surface area contributed by atoms with Gasteiger partial charge in [-0.05, 0) is 54.4 Å². The van der Waals surface area contributed by atoms with Gasteiger partial charge in [-0.25, -0.2) is 14.8 Å². The van der Waals surface area contributed by atoms with E-state index in [4.69, 9.17) is 9.47 Å². The zero-order valence-electron chi connectivity index (χ0n) is 16.8. The van der Waals surface area contributed by atoms with Gasteiger partial charge in [0, 0.05) is 12.1 Å². The number of carbonyl (C=O) groups is 1. The Bertz CT molecular complexity index is 873. The third kappa shape index (κ3) is 4.07. The van der Waals surface area contributed by atoms with E-state index in [1.54, 1.807) is 12.5 Å². The van der Waals surface area contributed by atoms with Crippen LogP contribution in [-0.4, -0.2) is 36.8 Å². The lowest BCUT2D eigenvalue weighted by Gasteiger charge is -2.28. The minimum absolute atomic E-state index is 0.0217. The normalized spacial score (nSPS) is 14.1. The van der Waals surface area contributed by atoms with Crippen LogP contribution in [0.15, 0.2) is 12.5 Å². The summed E-state index contributed by atoms with van der Waals surface area (Å²) >= 11 is 0. The van der Waals surface area contributed by atoms with Gasteiger partial charge in [-0.15, -0.1) is 0 Å². The van der Waals surface area contributed by atoms with E-state index in [0.717, 1.165) is 24.2 Å². The predicted molar refractivity (Wildman–Crippen MR) is 102 cm³/mol. The number of rotatable bonds is 3. The van der Waals surface area contributed by atoms with Crippen LogP contribution in [0.2, 0.25) is 0 Å². The molecule has 27 heavy (non-hydrogen) atoms. The van der Waals surface area contributed by atoms with E-state index in [1.807, 2.05) is 46.1 Å². The summed E-state index contributed by atoms with van der Waals surface area (Å²) in [5.41, 5.74) is 1.13. The van der Waals surface area contributed by atoms with Crippen LogP contribution in [0.5, 0.6) is 11.6 Å². The number of ether oxygens (including phenoxy) is 2. The van der Waals surface area contributed by atoms with E-state index in [1.165, 1.54) is 0 Å². The average molecular weight is 373 g/mol. The largest absolute Gasteiger partial charge is 0.487 e. The van der Waals surface area contributed by atoms with Gasteiger partial charge in [0.2, 0.25) is 5.88 Å². The number of carboxylic acid groups (broad SMARTS) is 1. The minimum atomic E-state index is -1.11. The van der Waals surface area contributed by atoms with Crippen molar-refractivity contribution in [3.05, 3.63) is 23.7 Å². The Morgan fingerprint density at radius 1 is 1.15 bits per heavy atom. The molecule has 3 rings (SSSR count). The number of fused-ring (bicyclic) bond motifs is 3. The molecule has 146 valence electrons. The second-order valence-corrected chi connectivity index (χ2v) is 8.76.